The molecule has 112 valence electrons. The van der Waals surface area contributed by atoms with Crippen LogP contribution in [0, 0.1) is 5.92 Å². The topological polar surface area (TPSA) is 47.3 Å². The average Bonchev–Trinajstić information content (AvgIpc) is 3.05. The van der Waals surface area contributed by atoms with E-state index in [0.717, 1.165) is 49.3 Å². The molecule has 3 atom stereocenters. The van der Waals surface area contributed by atoms with Crippen LogP contribution < -0.4 is 0 Å². The van der Waals surface area contributed by atoms with Gasteiger partial charge in [-0.3, -0.25) is 4.68 Å². The summed E-state index contributed by atoms with van der Waals surface area (Å²) in [7, 11) is 1.93. The summed E-state index contributed by atoms with van der Waals surface area (Å²) in [5.41, 5.74) is 2.08. The molecule has 3 rings (SSSR count). The maximum Gasteiger partial charge on any atom is 0.0853 e. The first-order chi connectivity index (χ1) is 9.63. The lowest BCUT2D eigenvalue weighted by Crippen LogP contribution is -2.41. The number of aryl methyl sites for hydroxylation is 2. The highest BCUT2D eigenvalue weighted by molar-refractivity contribution is 7.99. The lowest BCUT2D eigenvalue weighted by atomic mass is 9.80. The number of ether oxygens (including phenoxy) is 1. The maximum absolute atomic E-state index is 10.8. The fourth-order valence-electron chi connectivity index (χ4n) is 3.53. The first kappa shape index (κ1) is 14.4. The van der Waals surface area contributed by atoms with Gasteiger partial charge in [0, 0.05) is 31.2 Å². The molecule has 0 amide bonds. The Bertz CT molecular complexity index is 468. The van der Waals surface area contributed by atoms with Gasteiger partial charge in [0.15, 0.2) is 0 Å². The second-order valence-corrected chi connectivity index (χ2v) is 7.20. The maximum atomic E-state index is 10.8. The highest BCUT2D eigenvalue weighted by atomic mass is 32.2. The second kappa shape index (κ2) is 5.70. The van der Waals surface area contributed by atoms with Gasteiger partial charge in [-0.15, -0.1) is 0 Å². The zero-order valence-corrected chi connectivity index (χ0v) is 13.2. The molecular formula is C15H24N2O2S. The summed E-state index contributed by atoms with van der Waals surface area (Å²) in [6.07, 6.45) is 5.52. The summed E-state index contributed by atoms with van der Waals surface area (Å²) in [6, 6.07) is 0. The standard InChI is InChI=1S/C15H24N2O2S/c1-3-13-12(9-17(2)16-13)14(18)11-4-6-19-15(8-11)5-7-20-10-15/h9,11,14,18H,3-8,10H2,1-2H3. The molecule has 2 fully saturated rings. The molecule has 0 saturated carbocycles. The fourth-order valence-corrected chi connectivity index (χ4v) is 4.91. The number of hydrogen-bond donors (Lipinski definition) is 1. The van der Waals surface area contributed by atoms with Gasteiger partial charge < -0.3 is 9.84 Å². The minimum absolute atomic E-state index is 0.0309. The van der Waals surface area contributed by atoms with Gasteiger partial charge in [-0.1, -0.05) is 6.92 Å². The van der Waals surface area contributed by atoms with Crippen LogP contribution in [0.15, 0.2) is 6.20 Å². The number of nitrogens with zero attached hydrogens (tertiary/aromatic N) is 2. The average molecular weight is 296 g/mol. The van der Waals surface area contributed by atoms with Crippen LogP contribution in [0.1, 0.15) is 43.5 Å². The molecule has 3 unspecified atom stereocenters. The molecule has 1 spiro atoms. The third-order valence-electron chi connectivity index (χ3n) is 4.64. The van der Waals surface area contributed by atoms with Crippen molar-refractivity contribution in [1.82, 2.24) is 9.78 Å². The summed E-state index contributed by atoms with van der Waals surface area (Å²) in [4.78, 5) is 0. The van der Waals surface area contributed by atoms with Crippen molar-refractivity contribution in [2.75, 3.05) is 18.1 Å². The van der Waals surface area contributed by atoms with Crippen LogP contribution in [-0.2, 0) is 18.2 Å². The summed E-state index contributed by atoms with van der Waals surface area (Å²) in [5, 5.41) is 15.3. The number of thioether (sulfide) groups is 1. The predicted molar refractivity (Wildman–Crippen MR) is 80.9 cm³/mol. The first-order valence-electron chi connectivity index (χ1n) is 7.56. The van der Waals surface area contributed by atoms with Crippen molar-refractivity contribution < 1.29 is 9.84 Å². The fraction of sp³-hybridized carbons (Fsp3) is 0.800. The molecule has 3 heterocycles. The van der Waals surface area contributed by atoms with Crippen LogP contribution in [0.2, 0.25) is 0 Å². The normalized spacial score (nSPS) is 31.9. The van der Waals surface area contributed by atoms with E-state index in [4.69, 9.17) is 4.74 Å². The van der Waals surface area contributed by atoms with Gasteiger partial charge >= 0.3 is 0 Å². The highest BCUT2D eigenvalue weighted by Crippen LogP contribution is 2.44. The predicted octanol–water partition coefficient (Wildman–Crippen LogP) is 2.32. The molecule has 0 radical (unpaired) electrons. The van der Waals surface area contributed by atoms with E-state index in [1.165, 1.54) is 5.75 Å². The van der Waals surface area contributed by atoms with Gasteiger partial charge in [0.05, 0.1) is 17.4 Å². The van der Waals surface area contributed by atoms with Crippen molar-refractivity contribution in [2.24, 2.45) is 13.0 Å². The van der Waals surface area contributed by atoms with Gasteiger partial charge in [-0.25, -0.2) is 0 Å². The van der Waals surface area contributed by atoms with Crippen molar-refractivity contribution in [3.05, 3.63) is 17.5 Å². The van der Waals surface area contributed by atoms with Gasteiger partial charge in [-0.05, 0) is 37.4 Å². The largest absolute Gasteiger partial charge is 0.388 e. The van der Waals surface area contributed by atoms with Crippen molar-refractivity contribution >= 4 is 11.8 Å². The van der Waals surface area contributed by atoms with Crippen LogP contribution in [0.5, 0.6) is 0 Å². The number of rotatable bonds is 3. The molecule has 1 N–H and O–H groups in total. The molecular weight excluding hydrogens is 272 g/mol. The Morgan fingerprint density at radius 2 is 2.50 bits per heavy atom. The van der Waals surface area contributed by atoms with E-state index < -0.39 is 6.10 Å². The van der Waals surface area contributed by atoms with E-state index in [2.05, 4.69) is 12.0 Å². The first-order valence-corrected chi connectivity index (χ1v) is 8.71. The number of hydrogen-bond acceptors (Lipinski definition) is 4. The summed E-state index contributed by atoms with van der Waals surface area (Å²) in [6.45, 7) is 2.88. The molecule has 5 heteroatoms. The summed E-state index contributed by atoms with van der Waals surface area (Å²) in [5.74, 6) is 2.58. The molecule has 0 aromatic carbocycles. The van der Waals surface area contributed by atoms with Crippen molar-refractivity contribution in [3.63, 3.8) is 0 Å². The highest BCUT2D eigenvalue weighted by Gasteiger charge is 2.42. The smallest absolute Gasteiger partial charge is 0.0853 e. The Morgan fingerprint density at radius 1 is 1.65 bits per heavy atom. The number of aromatic nitrogens is 2. The van der Waals surface area contributed by atoms with Crippen molar-refractivity contribution in [1.29, 1.82) is 0 Å². The molecule has 2 aliphatic rings. The lowest BCUT2D eigenvalue weighted by molar-refractivity contribution is -0.102. The van der Waals surface area contributed by atoms with Gasteiger partial charge in [0.1, 0.15) is 0 Å². The zero-order chi connectivity index (χ0) is 14.2. The quantitative estimate of drug-likeness (QED) is 0.930. The van der Waals surface area contributed by atoms with Crippen LogP contribution >= 0.6 is 11.8 Å². The van der Waals surface area contributed by atoms with Crippen LogP contribution in [0.25, 0.3) is 0 Å². The van der Waals surface area contributed by atoms with E-state index in [9.17, 15) is 5.11 Å². The summed E-state index contributed by atoms with van der Waals surface area (Å²) < 4.78 is 7.87. The van der Waals surface area contributed by atoms with Gasteiger partial charge in [0.25, 0.3) is 0 Å². The van der Waals surface area contributed by atoms with Crippen LogP contribution in [0.4, 0.5) is 0 Å². The Morgan fingerprint density at radius 3 is 3.20 bits per heavy atom. The molecule has 2 aliphatic heterocycles. The Balaban J connectivity index is 1.77. The van der Waals surface area contributed by atoms with Crippen molar-refractivity contribution in [2.45, 2.75) is 44.3 Å². The molecule has 4 nitrogen and oxygen atoms in total. The zero-order valence-electron chi connectivity index (χ0n) is 12.3. The van der Waals surface area contributed by atoms with E-state index >= 15 is 0 Å². The molecule has 20 heavy (non-hydrogen) atoms. The van der Waals surface area contributed by atoms with Crippen LogP contribution in [0.3, 0.4) is 0 Å². The molecule has 1 aromatic heterocycles. The molecule has 2 saturated heterocycles. The van der Waals surface area contributed by atoms with E-state index in [1.54, 1.807) is 0 Å². The minimum atomic E-state index is -0.398. The van der Waals surface area contributed by atoms with Crippen LogP contribution in [-0.4, -0.2) is 38.6 Å². The van der Waals surface area contributed by atoms with Gasteiger partial charge in [0.2, 0.25) is 0 Å². The summed E-state index contributed by atoms with van der Waals surface area (Å²) >= 11 is 1.98. The van der Waals surface area contributed by atoms with E-state index in [0.29, 0.717) is 5.92 Å². The third kappa shape index (κ3) is 2.63. The lowest BCUT2D eigenvalue weighted by Gasteiger charge is -2.39. The molecule has 0 bridgehead atoms. The Kier molecular flexibility index (Phi) is 4.11. The van der Waals surface area contributed by atoms with Gasteiger partial charge in [-0.2, -0.15) is 16.9 Å². The second-order valence-electron chi connectivity index (χ2n) is 6.09. The minimum Gasteiger partial charge on any atom is -0.388 e. The number of aliphatic hydroxyl groups excluding tert-OH is 1. The third-order valence-corrected chi connectivity index (χ3v) is 5.86. The monoisotopic (exact) mass is 296 g/mol. The SMILES string of the molecule is CCc1nn(C)cc1C(O)C1CCOC2(CCSC2)C1. The Hall–Kier alpha value is -0.520. The van der Waals surface area contributed by atoms with E-state index in [1.807, 2.05) is 29.7 Å². The van der Waals surface area contributed by atoms with E-state index in [-0.39, 0.29) is 5.60 Å². The van der Waals surface area contributed by atoms with Crippen molar-refractivity contribution in [3.8, 4) is 0 Å². The number of aliphatic hydroxyl groups is 1. The molecule has 1 aromatic rings. The Labute approximate surface area is 124 Å². The molecule has 0 aliphatic carbocycles.